The molecule has 0 saturated heterocycles. The number of benzene rings is 1. The molecular formula is C15H16N2O5S. The van der Waals surface area contributed by atoms with Gasteiger partial charge in [-0.1, -0.05) is 0 Å². The van der Waals surface area contributed by atoms with E-state index in [4.69, 9.17) is 4.42 Å². The van der Waals surface area contributed by atoms with E-state index >= 15 is 0 Å². The number of aliphatic hydroxyl groups excluding tert-OH is 1. The van der Waals surface area contributed by atoms with Crippen LogP contribution in [0.5, 0.6) is 0 Å². The zero-order chi connectivity index (χ0) is 16.8. The van der Waals surface area contributed by atoms with E-state index in [1.165, 1.54) is 30.2 Å². The first-order chi connectivity index (χ1) is 11.0. The highest BCUT2D eigenvalue weighted by Crippen LogP contribution is 2.25. The highest BCUT2D eigenvalue weighted by atomic mass is 32.2. The standard InChI is InChI=1S/C15H16N2O5S/c1-10(23-12-6-4-11(5-7-12)17(20)21)15(19)16-9-13(18)14-3-2-8-22-14/h2-8,10,13,18H,9H2,1H3,(H,16,19). The number of nitro benzene ring substituents is 1. The van der Waals surface area contributed by atoms with Crippen LogP contribution < -0.4 is 5.32 Å². The fraction of sp³-hybridized carbons (Fsp3) is 0.267. The van der Waals surface area contributed by atoms with Gasteiger partial charge in [-0.2, -0.15) is 0 Å². The average Bonchev–Trinajstić information content (AvgIpc) is 3.07. The maximum Gasteiger partial charge on any atom is 0.269 e. The molecule has 1 aromatic carbocycles. The highest BCUT2D eigenvalue weighted by molar-refractivity contribution is 8.00. The van der Waals surface area contributed by atoms with Gasteiger partial charge in [-0.05, 0) is 31.2 Å². The molecule has 0 saturated carbocycles. The number of nitrogens with one attached hydrogen (secondary N) is 1. The van der Waals surface area contributed by atoms with Crippen LogP contribution in [-0.2, 0) is 4.79 Å². The molecule has 0 aliphatic carbocycles. The lowest BCUT2D eigenvalue weighted by atomic mass is 10.2. The number of hydrogen-bond acceptors (Lipinski definition) is 6. The first-order valence-corrected chi connectivity index (χ1v) is 7.75. The summed E-state index contributed by atoms with van der Waals surface area (Å²) in [6, 6.07) is 9.29. The van der Waals surface area contributed by atoms with Crippen molar-refractivity contribution in [3.05, 3.63) is 58.5 Å². The molecule has 0 fully saturated rings. The van der Waals surface area contributed by atoms with Crippen molar-refractivity contribution in [3.63, 3.8) is 0 Å². The molecule has 0 aliphatic heterocycles. The van der Waals surface area contributed by atoms with Crippen molar-refractivity contribution in [2.24, 2.45) is 0 Å². The van der Waals surface area contributed by atoms with Gasteiger partial charge in [0.2, 0.25) is 5.91 Å². The second-order valence-corrected chi connectivity index (χ2v) is 6.20. The van der Waals surface area contributed by atoms with Crippen molar-refractivity contribution in [1.82, 2.24) is 5.32 Å². The van der Waals surface area contributed by atoms with Gasteiger partial charge in [0.15, 0.2) is 0 Å². The Morgan fingerprint density at radius 2 is 2.09 bits per heavy atom. The molecule has 7 nitrogen and oxygen atoms in total. The number of amides is 1. The molecule has 2 unspecified atom stereocenters. The van der Waals surface area contributed by atoms with Gasteiger partial charge in [0.1, 0.15) is 11.9 Å². The van der Waals surface area contributed by atoms with E-state index in [0.717, 1.165) is 4.90 Å². The lowest BCUT2D eigenvalue weighted by molar-refractivity contribution is -0.384. The number of rotatable bonds is 7. The molecule has 0 radical (unpaired) electrons. The number of non-ortho nitro benzene ring substituents is 1. The third-order valence-electron chi connectivity index (χ3n) is 3.07. The molecule has 1 amide bonds. The van der Waals surface area contributed by atoms with Crippen molar-refractivity contribution in [2.75, 3.05) is 6.54 Å². The van der Waals surface area contributed by atoms with Gasteiger partial charge < -0.3 is 14.8 Å². The van der Waals surface area contributed by atoms with E-state index in [1.54, 1.807) is 31.2 Å². The molecule has 2 N–H and O–H groups in total. The van der Waals surface area contributed by atoms with Crippen LogP contribution in [0.4, 0.5) is 5.69 Å². The molecular weight excluding hydrogens is 320 g/mol. The predicted octanol–water partition coefficient (Wildman–Crippen LogP) is 2.52. The van der Waals surface area contributed by atoms with Crippen molar-refractivity contribution >= 4 is 23.4 Å². The molecule has 1 aromatic heterocycles. The van der Waals surface area contributed by atoms with E-state index in [1.807, 2.05) is 0 Å². The second kappa shape index (κ2) is 7.80. The molecule has 0 spiro atoms. The van der Waals surface area contributed by atoms with E-state index in [9.17, 15) is 20.0 Å². The average molecular weight is 336 g/mol. The van der Waals surface area contributed by atoms with E-state index in [2.05, 4.69) is 5.32 Å². The van der Waals surface area contributed by atoms with Gasteiger partial charge in [0, 0.05) is 17.0 Å². The summed E-state index contributed by atoms with van der Waals surface area (Å²) in [6.07, 6.45) is 0.554. The lowest BCUT2D eigenvalue weighted by Gasteiger charge is -2.14. The molecule has 1 heterocycles. The number of nitro groups is 1. The van der Waals surface area contributed by atoms with Gasteiger partial charge >= 0.3 is 0 Å². The summed E-state index contributed by atoms with van der Waals surface area (Å²) in [7, 11) is 0. The Bertz CT molecular complexity index is 657. The molecule has 2 atom stereocenters. The van der Waals surface area contributed by atoms with Crippen LogP contribution >= 0.6 is 11.8 Å². The zero-order valence-electron chi connectivity index (χ0n) is 12.3. The molecule has 0 aliphatic rings. The smallest absolute Gasteiger partial charge is 0.269 e. The number of thioether (sulfide) groups is 1. The first kappa shape index (κ1) is 17.0. The highest BCUT2D eigenvalue weighted by Gasteiger charge is 2.17. The van der Waals surface area contributed by atoms with Crippen LogP contribution in [0.3, 0.4) is 0 Å². The summed E-state index contributed by atoms with van der Waals surface area (Å²) in [6.45, 7) is 1.78. The Morgan fingerprint density at radius 1 is 1.39 bits per heavy atom. The van der Waals surface area contributed by atoms with Gasteiger partial charge in [-0.3, -0.25) is 14.9 Å². The Hall–Kier alpha value is -2.32. The van der Waals surface area contributed by atoms with Gasteiger partial charge in [-0.15, -0.1) is 11.8 Å². The Kier molecular flexibility index (Phi) is 5.78. The monoisotopic (exact) mass is 336 g/mol. The van der Waals surface area contributed by atoms with Crippen LogP contribution in [0.25, 0.3) is 0 Å². The van der Waals surface area contributed by atoms with Crippen LogP contribution in [0.2, 0.25) is 0 Å². The van der Waals surface area contributed by atoms with E-state index in [0.29, 0.717) is 5.76 Å². The number of nitrogens with zero attached hydrogens (tertiary/aromatic N) is 1. The molecule has 2 aromatic rings. The minimum absolute atomic E-state index is 0.00743. The van der Waals surface area contributed by atoms with Crippen LogP contribution in [0, 0.1) is 10.1 Å². The molecule has 0 bridgehead atoms. The van der Waals surface area contributed by atoms with Crippen LogP contribution in [0.1, 0.15) is 18.8 Å². The molecule has 2 rings (SSSR count). The van der Waals surface area contributed by atoms with Crippen LogP contribution in [-0.4, -0.2) is 27.7 Å². The SMILES string of the molecule is CC(Sc1ccc([N+](=O)[O-])cc1)C(=O)NCC(O)c1ccco1. The van der Waals surface area contributed by atoms with E-state index in [-0.39, 0.29) is 18.1 Å². The van der Waals surface area contributed by atoms with Gasteiger partial charge in [-0.25, -0.2) is 0 Å². The normalized spacial score (nSPS) is 13.3. The van der Waals surface area contributed by atoms with Gasteiger partial charge in [0.05, 0.1) is 23.0 Å². The second-order valence-electron chi connectivity index (χ2n) is 4.79. The maximum absolute atomic E-state index is 12.0. The molecule has 23 heavy (non-hydrogen) atoms. The van der Waals surface area contributed by atoms with Crippen molar-refractivity contribution in [1.29, 1.82) is 0 Å². The largest absolute Gasteiger partial charge is 0.467 e. The summed E-state index contributed by atoms with van der Waals surface area (Å²) >= 11 is 1.28. The Balaban J connectivity index is 1.83. The maximum atomic E-state index is 12.0. The lowest BCUT2D eigenvalue weighted by Crippen LogP contribution is -2.34. The summed E-state index contributed by atoms with van der Waals surface area (Å²) in [5, 5.41) is 22.7. The zero-order valence-corrected chi connectivity index (χ0v) is 13.2. The van der Waals surface area contributed by atoms with Crippen molar-refractivity contribution in [3.8, 4) is 0 Å². The predicted molar refractivity (Wildman–Crippen MR) is 85.1 cm³/mol. The number of aliphatic hydroxyl groups is 1. The Morgan fingerprint density at radius 3 is 2.65 bits per heavy atom. The van der Waals surface area contributed by atoms with Crippen molar-refractivity contribution in [2.45, 2.75) is 23.2 Å². The Labute approximate surface area is 136 Å². The third kappa shape index (κ3) is 4.83. The topological polar surface area (TPSA) is 106 Å². The fourth-order valence-electron chi connectivity index (χ4n) is 1.83. The number of hydrogen-bond donors (Lipinski definition) is 2. The number of furan rings is 1. The van der Waals surface area contributed by atoms with Crippen LogP contribution in [0.15, 0.2) is 52.0 Å². The molecule has 122 valence electrons. The number of carbonyl (C=O) groups is 1. The number of carbonyl (C=O) groups excluding carboxylic acids is 1. The molecule has 8 heteroatoms. The summed E-state index contributed by atoms with van der Waals surface area (Å²) in [4.78, 5) is 22.9. The quantitative estimate of drug-likeness (QED) is 0.457. The minimum Gasteiger partial charge on any atom is -0.467 e. The van der Waals surface area contributed by atoms with Crippen molar-refractivity contribution < 1.29 is 19.2 Å². The van der Waals surface area contributed by atoms with E-state index < -0.39 is 16.3 Å². The summed E-state index contributed by atoms with van der Waals surface area (Å²) < 4.78 is 5.05. The minimum atomic E-state index is -0.898. The third-order valence-corrected chi connectivity index (χ3v) is 4.18. The van der Waals surface area contributed by atoms with Gasteiger partial charge in [0.25, 0.3) is 5.69 Å². The summed E-state index contributed by atoms with van der Waals surface area (Å²) in [5.74, 6) is 0.153. The fourth-order valence-corrected chi connectivity index (χ4v) is 2.72. The summed E-state index contributed by atoms with van der Waals surface area (Å²) in [5.41, 5.74) is 0.00743. The first-order valence-electron chi connectivity index (χ1n) is 6.87.